The van der Waals surface area contributed by atoms with Crippen molar-refractivity contribution in [1.82, 2.24) is 10.6 Å². The van der Waals surface area contributed by atoms with Crippen LogP contribution in [0.5, 0.6) is 5.75 Å². The lowest BCUT2D eigenvalue weighted by Gasteiger charge is -2.09. The molecule has 1 aromatic carbocycles. The molecule has 0 bridgehead atoms. The van der Waals surface area contributed by atoms with Crippen molar-refractivity contribution in [3.05, 3.63) is 29.8 Å². The molecule has 0 heterocycles. The Morgan fingerprint density at radius 1 is 1.19 bits per heavy atom. The molecule has 4 nitrogen and oxygen atoms in total. The number of carbonyl (C=O) groups is 1. The van der Waals surface area contributed by atoms with E-state index in [2.05, 4.69) is 36.6 Å². The second kappa shape index (κ2) is 11.4. The van der Waals surface area contributed by atoms with Crippen LogP contribution in [0.1, 0.15) is 25.8 Å². The molecule has 0 spiro atoms. The summed E-state index contributed by atoms with van der Waals surface area (Å²) in [5, 5.41) is 5.87. The van der Waals surface area contributed by atoms with Crippen LogP contribution in [0.25, 0.3) is 0 Å². The highest BCUT2D eigenvalue weighted by atomic mass is 35.5. The van der Waals surface area contributed by atoms with Crippen LogP contribution in [0.3, 0.4) is 0 Å². The lowest BCUT2D eigenvalue weighted by Crippen LogP contribution is -2.28. The molecule has 5 heteroatoms. The van der Waals surface area contributed by atoms with E-state index in [1.807, 2.05) is 19.2 Å². The van der Waals surface area contributed by atoms with Crippen molar-refractivity contribution >= 4 is 18.3 Å². The Morgan fingerprint density at radius 2 is 1.86 bits per heavy atom. The third kappa shape index (κ3) is 9.32. The molecule has 0 saturated carbocycles. The van der Waals surface area contributed by atoms with Gasteiger partial charge in [-0.2, -0.15) is 0 Å². The molecule has 0 saturated heterocycles. The highest BCUT2D eigenvalue weighted by molar-refractivity contribution is 5.85. The first-order valence-corrected chi connectivity index (χ1v) is 7.25. The summed E-state index contributed by atoms with van der Waals surface area (Å²) < 4.78 is 5.63. The summed E-state index contributed by atoms with van der Waals surface area (Å²) >= 11 is 0. The molecule has 0 radical (unpaired) electrons. The van der Waals surface area contributed by atoms with E-state index in [9.17, 15) is 4.79 Å². The van der Waals surface area contributed by atoms with Crippen LogP contribution in [0.4, 0.5) is 0 Å². The number of rotatable bonds is 9. The second-order valence-electron chi connectivity index (χ2n) is 5.30. The first kappa shape index (κ1) is 19.7. The van der Waals surface area contributed by atoms with Crippen LogP contribution >= 0.6 is 12.4 Å². The van der Waals surface area contributed by atoms with Crippen molar-refractivity contribution in [2.75, 3.05) is 26.7 Å². The molecular weight excluding hydrogens is 288 g/mol. The molecule has 0 atom stereocenters. The van der Waals surface area contributed by atoms with Crippen LogP contribution in [-0.4, -0.2) is 32.7 Å². The molecule has 0 aliphatic heterocycles. The third-order valence-electron chi connectivity index (χ3n) is 2.84. The fraction of sp³-hybridized carbons (Fsp3) is 0.562. The fourth-order valence-electron chi connectivity index (χ4n) is 1.69. The molecule has 1 amide bonds. The quantitative estimate of drug-likeness (QED) is 0.736. The standard InChI is InChI=1S/C16H26N2O2.ClH/c1-13(2)12-20-15-6-4-14(5-7-15)8-11-18-16(19)9-10-17-3;/h4-7,13,17H,8-12H2,1-3H3,(H,18,19);1H. The van der Waals surface area contributed by atoms with Gasteiger partial charge < -0.3 is 15.4 Å². The maximum Gasteiger partial charge on any atom is 0.221 e. The van der Waals surface area contributed by atoms with Crippen LogP contribution < -0.4 is 15.4 Å². The van der Waals surface area contributed by atoms with Gasteiger partial charge >= 0.3 is 0 Å². The summed E-state index contributed by atoms with van der Waals surface area (Å²) in [6, 6.07) is 8.08. The Labute approximate surface area is 134 Å². The predicted molar refractivity (Wildman–Crippen MR) is 89.3 cm³/mol. The lowest BCUT2D eigenvalue weighted by molar-refractivity contribution is -0.120. The summed E-state index contributed by atoms with van der Waals surface area (Å²) in [6.45, 7) is 6.39. The Morgan fingerprint density at radius 3 is 2.43 bits per heavy atom. The molecule has 1 rings (SSSR count). The van der Waals surface area contributed by atoms with Crippen molar-refractivity contribution in [1.29, 1.82) is 0 Å². The number of halogens is 1. The number of nitrogens with one attached hydrogen (secondary N) is 2. The second-order valence-corrected chi connectivity index (χ2v) is 5.30. The number of hydrogen-bond acceptors (Lipinski definition) is 3. The molecule has 21 heavy (non-hydrogen) atoms. The molecule has 0 fully saturated rings. The smallest absolute Gasteiger partial charge is 0.221 e. The van der Waals surface area contributed by atoms with Gasteiger partial charge in [-0.15, -0.1) is 12.4 Å². The molecular formula is C16H27ClN2O2. The van der Waals surface area contributed by atoms with Crippen molar-refractivity contribution in [2.45, 2.75) is 26.7 Å². The summed E-state index contributed by atoms with van der Waals surface area (Å²) in [5.41, 5.74) is 1.20. The van der Waals surface area contributed by atoms with Crippen molar-refractivity contribution < 1.29 is 9.53 Å². The van der Waals surface area contributed by atoms with E-state index in [1.54, 1.807) is 0 Å². The molecule has 0 aromatic heterocycles. The number of hydrogen-bond donors (Lipinski definition) is 2. The maximum atomic E-state index is 11.4. The third-order valence-corrected chi connectivity index (χ3v) is 2.84. The van der Waals surface area contributed by atoms with Crippen molar-refractivity contribution in [2.24, 2.45) is 5.92 Å². The van der Waals surface area contributed by atoms with Gasteiger partial charge in [0.15, 0.2) is 0 Å². The van der Waals surface area contributed by atoms with Crippen LogP contribution in [0.15, 0.2) is 24.3 Å². The Balaban J connectivity index is 0.00000400. The highest BCUT2D eigenvalue weighted by Crippen LogP contribution is 2.13. The van der Waals surface area contributed by atoms with Gasteiger partial charge in [-0.25, -0.2) is 0 Å². The molecule has 120 valence electrons. The van der Waals surface area contributed by atoms with Gasteiger partial charge in [-0.1, -0.05) is 26.0 Å². The Kier molecular flexibility index (Phi) is 10.7. The molecule has 0 unspecified atom stereocenters. The predicted octanol–water partition coefficient (Wildman–Crippen LogP) is 2.41. The van der Waals surface area contributed by atoms with Gasteiger partial charge in [-0.3, -0.25) is 4.79 Å². The van der Waals surface area contributed by atoms with E-state index in [4.69, 9.17) is 4.74 Å². The molecule has 1 aromatic rings. The topological polar surface area (TPSA) is 50.4 Å². The maximum absolute atomic E-state index is 11.4. The monoisotopic (exact) mass is 314 g/mol. The SMILES string of the molecule is CNCCC(=O)NCCc1ccc(OCC(C)C)cc1.Cl. The highest BCUT2D eigenvalue weighted by Gasteiger charge is 2.01. The van der Waals surface area contributed by atoms with Gasteiger partial charge in [0.2, 0.25) is 5.91 Å². The van der Waals surface area contributed by atoms with Crippen molar-refractivity contribution in [3.63, 3.8) is 0 Å². The van der Waals surface area contributed by atoms with E-state index >= 15 is 0 Å². The van der Waals surface area contributed by atoms with Gasteiger partial charge in [0.25, 0.3) is 0 Å². The van der Waals surface area contributed by atoms with Crippen LogP contribution in [-0.2, 0) is 11.2 Å². The molecule has 0 aliphatic rings. The molecule has 0 aliphatic carbocycles. The van der Waals surface area contributed by atoms with Crippen LogP contribution in [0, 0.1) is 5.92 Å². The zero-order valence-corrected chi connectivity index (χ0v) is 14.0. The number of ether oxygens (including phenoxy) is 1. The van der Waals surface area contributed by atoms with E-state index in [0.29, 0.717) is 25.4 Å². The minimum Gasteiger partial charge on any atom is -0.493 e. The minimum atomic E-state index is 0. The average molecular weight is 315 g/mol. The zero-order chi connectivity index (χ0) is 14.8. The molecule has 2 N–H and O–H groups in total. The average Bonchev–Trinajstić information content (AvgIpc) is 2.44. The fourth-order valence-corrected chi connectivity index (χ4v) is 1.69. The first-order valence-electron chi connectivity index (χ1n) is 7.25. The lowest BCUT2D eigenvalue weighted by atomic mass is 10.1. The van der Waals surface area contributed by atoms with Crippen molar-refractivity contribution in [3.8, 4) is 5.75 Å². The van der Waals surface area contributed by atoms with E-state index < -0.39 is 0 Å². The van der Waals surface area contributed by atoms with Gasteiger partial charge in [0, 0.05) is 19.5 Å². The van der Waals surface area contributed by atoms with Gasteiger partial charge in [-0.05, 0) is 37.1 Å². The Hall–Kier alpha value is -1.26. The number of amides is 1. The van der Waals surface area contributed by atoms with Gasteiger partial charge in [0.1, 0.15) is 5.75 Å². The summed E-state index contributed by atoms with van der Waals surface area (Å²) in [7, 11) is 1.84. The zero-order valence-electron chi connectivity index (χ0n) is 13.1. The first-order chi connectivity index (χ1) is 9.61. The normalized spacial score (nSPS) is 10.1. The van der Waals surface area contributed by atoms with E-state index in [1.165, 1.54) is 5.56 Å². The minimum absolute atomic E-state index is 0. The Bertz CT molecular complexity index is 394. The number of benzene rings is 1. The largest absolute Gasteiger partial charge is 0.493 e. The summed E-state index contributed by atoms with van der Waals surface area (Å²) in [6.07, 6.45) is 1.37. The summed E-state index contributed by atoms with van der Waals surface area (Å²) in [4.78, 5) is 11.4. The van der Waals surface area contributed by atoms with Crippen LogP contribution in [0.2, 0.25) is 0 Å². The van der Waals surface area contributed by atoms with E-state index in [0.717, 1.165) is 18.8 Å². The summed E-state index contributed by atoms with van der Waals surface area (Å²) in [5.74, 6) is 1.53. The van der Waals surface area contributed by atoms with Gasteiger partial charge in [0.05, 0.1) is 6.61 Å². The number of carbonyl (C=O) groups excluding carboxylic acids is 1. The van der Waals surface area contributed by atoms with E-state index in [-0.39, 0.29) is 18.3 Å².